The number of piperazine rings is 1. The summed E-state index contributed by atoms with van der Waals surface area (Å²) in [7, 11) is 1.31. The van der Waals surface area contributed by atoms with E-state index in [0.717, 1.165) is 42.9 Å². The molecule has 1 aromatic heterocycles. The summed E-state index contributed by atoms with van der Waals surface area (Å²) in [4.78, 5) is 36.8. The van der Waals surface area contributed by atoms with Crippen molar-refractivity contribution in [2.24, 2.45) is 5.41 Å². The first-order valence-electron chi connectivity index (χ1n) is 10.7. The fraction of sp³-hybridized carbons (Fsp3) is 0.591. The Morgan fingerprint density at radius 1 is 1.35 bits per heavy atom. The molecule has 2 heterocycles. The van der Waals surface area contributed by atoms with Crippen molar-refractivity contribution in [2.75, 3.05) is 44.7 Å². The Kier molecular flexibility index (Phi) is 7.11. The molecule has 1 saturated heterocycles. The molecule has 9 heteroatoms. The van der Waals surface area contributed by atoms with Crippen LogP contribution in [0.4, 0.5) is 10.5 Å². The number of nitrogens with one attached hydrogen (secondary N) is 2. The summed E-state index contributed by atoms with van der Waals surface area (Å²) < 4.78 is 4.57. The smallest absolute Gasteiger partial charge is 0.406 e. The molecule has 0 spiro atoms. The number of methoxy groups -OCH3 is 1. The molecule has 3 rings (SSSR count). The number of anilines is 1. The predicted octanol–water partition coefficient (Wildman–Crippen LogP) is 3.70. The van der Waals surface area contributed by atoms with Crippen LogP contribution in [0.15, 0.2) is 12.1 Å². The number of Topliss-reactive ketones (excluding diaryl/α,β-unsaturated/α-hetero) is 1. The molecule has 1 atom stereocenters. The summed E-state index contributed by atoms with van der Waals surface area (Å²) in [5, 5.41) is 3.26. The maximum atomic E-state index is 13.1. The summed E-state index contributed by atoms with van der Waals surface area (Å²) in [6.07, 6.45) is -0.0495. The number of fused-ring (bicyclic) bond motifs is 1. The average molecular weight is 450 g/mol. The molecule has 0 saturated carbocycles. The number of amides is 1. The zero-order chi connectivity index (χ0) is 22.8. The number of carbonyl (C=O) groups excluding carboxylic acids is 2. The third-order valence-corrected chi connectivity index (χ3v) is 6.36. The summed E-state index contributed by atoms with van der Waals surface area (Å²) in [5.74, 6) is 0.188. The molecular formula is C22H32ClN5O3. The Morgan fingerprint density at radius 3 is 2.74 bits per heavy atom. The van der Waals surface area contributed by atoms with Crippen LogP contribution in [0.2, 0.25) is 5.02 Å². The zero-order valence-corrected chi connectivity index (χ0v) is 19.7. The van der Waals surface area contributed by atoms with Crippen molar-refractivity contribution in [3.8, 4) is 0 Å². The van der Waals surface area contributed by atoms with Gasteiger partial charge in [0.1, 0.15) is 0 Å². The normalized spacial score (nSPS) is 17.7. The van der Waals surface area contributed by atoms with Crippen LogP contribution >= 0.6 is 11.6 Å². The second-order valence-corrected chi connectivity index (χ2v) is 9.13. The Morgan fingerprint density at radius 2 is 2.10 bits per heavy atom. The van der Waals surface area contributed by atoms with E-state index in [1.807, 2.05) is 26.0 Å². The van der Waals surface area contributed by atoms with Crippen LogP contribution in [-0.4, -0.2) is 72.6 Å². The topological polar surface area (TPSA) is 90.6 Å². The largest absolute Gasteiger partial charge is 0.453 e. The van der Waals surface area contributed by atoms with Gasteiger partial charge in [0.2, 0.25) is 5.78 Å². The molecule has 0 bridgehead atoms. The lowest BCUT2D eigenvalue weighted by atomic mass is 9.84. The van der Waals surface area contributed by atoms with E-state index in [4.69, 9.17) is 11.6 Å². The molecule has 8 nitrogen and oxygen atoms in total. The van der Waals surface area contributed by atoms with Gasteiger partial charge in [-0.15, -0.1) is 0 Å². The molecule has 31 heavy (non-hydrogen) atoms. The highest BCUT2D eigenvalue weighted by atomic mass is 35.5. The van der Waals surface area contributed by atoms with Crippen LogP contribution in [0.5, 0.6) is 0 Å². The molecule has 1 fully saturated rings. The molecule has 170 valence electrons. The van der Waals surface area contributed by atoms with E-state index in [9.17, 15) is 9.59 Å². The lowest BCUT2D eigenvalue weighted by Gasteiger charge is -2.41. The molecule has 1 aliphatic rings. The molecule has 0 unspecified atom stereocenters. The van der Waals surface area contributed by atoms with E-state index in [2.05, 4.69) is 43.7 Å². The number of ether oxygens (including phenoxy) is 1. The third kappa shape index (κ3) is 5.13. The lowest BCUT2D eigenvalue weighted by molar-refractivity contribution is 0.0814. The van der Waals surface area contributed by atoms with Gasteiger partial charge in [0, 0.05) is 37.6 Å². The first kappa shape index (κ1) is 23.3. The van der Waals surface area contributed by atoms with Crippen molar-refractivity contribution >= 4 is 40.2 Å². The second kappa shape index (κ2) is 9.44. The molecule has 1 aliphatic heterocycles. The summed E-state index contributed by atoms with van der Waals surface area (Å²) in [6, 6.07) is 4.15. The minimum atomic E-state index is -0.702. The Bertz CT molecular complexity index is 958. The number of H-pyrrole nitrogens is 1. The molecule has 1 amide bonds. The molecule has 2 N–H and O–H groups in total. The van der Waals surface area contributed by atoms with E-state index >= 15 is 0 Å². The molecule has 1 aromatic carbocycles. The van der Waals surface area contributed by atoms with Crippen LogP contribution in [-0.2, 0) is 4.74 Å². The average Bonchev–Trinajstić information content (AvgIpc) is 3.14. The molecular weight excluding hydrogens is 418 g/mol. The van der Waals surface area contributed by atoms with Gasteiger partial charge in [0.05, 0.1) is 28.9 Å². The Labute approximate surface area is 188 Å². The molecule has 0 aliphatic carbocycles. The standard InChI is InChI=1S/C22H32ClN5O3/c1-6-27-9-10-28(14(2)13-27)18-12-17-16(11-15(18)23)25-20(26-17)19(29)22(3,4)7-8-24-21(30)31-5/h11-12,14H,6-10,13H2,1-5H3,(H,24,30)(H,25,26)/t14-/m1/s1. The maximum absolute atomic E-state index is 13.1. The number of nitrogens with zero attached hydrogens (tertiary/aromatic N) is 3. The maximum Gasteiger partial charge on any atom is 0.406 e. The molecule has 0 radical (unpaired) electrons. The number of aromatic nitrogens is 2. The van der Waals surface area contributed by atoms with Crippen molar-refractivity contribution < 1.29 is 14.3 Å². The number of likely N-dealkylation sites (N-methyl/N-ethyl adjacent to an activating group) is 1. The van der Waals surface area contributed by atoms with E-state index in [1.165, 1.54) is 7.11 Å². The monoisotopic (exact) mass is 449 g/mol. The number of imidazole rings is 1. The highest BCUT2D eigenvalue weighted by molar-refractivity contribution is 6.34. The van der Waals surface area contributed by atoms with Gasteiger partial charge in [-0.25, -0.2) is 9.78 Å². The van der Waals surface area contributed by atoms with Gasteiger partial charge in [-0.3, -0.25) is 9.69 Å². The van der Waals surface area contributed by atoms with E-state index in [0.29, 0.717) is 29.9 Å². The van der Waals surface area contributed by atoms with E-state index in [1.54, 1.807) is 0 Å². The Balaban J connectivity index is 1.80. The zero-order valence-electron chi connectivity index (χ0n) is 18.9. The second-order valence-electron chi connectivity index (χ2n) is 8.72. The van der Waals surface area contributed by atoms with Gasteiger partial charge in [-0.2, -0.15) is 0 Å². The van der Waals surface area contributed by atoms with Gasteiger partial charge >= 0.3 is 6.09 Å². The van der Waals surface area contributed by atoms with Crippen molar-refractivity contribution in [3.05, 3.63) is 23.0 Å². The van der Waals surface area contributed by atoms with E-state index < -0.39 is 11.5 Å². The number of ketones is 1. The van der Waals surface area contributed by atoms with Crippen LogP contribution in [0.1, 0.15) is 44.7 Å². The molecule has 2 aromatic rings. The van der Waals surface area contributed by atoms with Crippen molar-refractivity contribution in [3.63, 3.8) is 0 Å². The number of benzene rings is 1. The number of aromatic amines is 1. The highest BCUT2D eigenvalue weighted by Crippen LogP contribution is 2.33. The van der Waals surface area contributed by atoms with Crippen molar-refractivity contribution in [1.82, 2.24) is 20.2 Å². The van der Waals surface area contributed by atoms with E-state index in [-0.39, 0.29) is 5.78 Å². The van der Waals surface area contributed by atoms with Crippen molar-refractivity contribution in [1.29, 1.82) is 0 Å². The minimum Gasteiger partial charge on any atom is -0.453 e. The number of halogens is 1. The first-order chi connectivity index (χ1) is 14.7. The minimum absolute atomic E-state index is 0.113. The van der Waals surface area contributed by atoms with Gasteiger partial charge < -0.3 is 19.9 Å². The van der Waals surface area contributed by atoms with Crippen molar-refractivity contribution in [2.45, 2.75) is 40.2 Å². The summed E-state index contributed by atoms with van der Waals surface area (Å²) in [6.45, 7) is 12.3. The predicted molar refractivity (Wildman–Crippen MR) is 123 cm³/mol. The fourth-order valence-electron chi connectivity index (χ4n) is 4.01. The fourth-order valence-corrected chi connectivity index (χ4v) is 4.28. The number of alkyl carbamates (subject to hydrolysis) is 1. The van der Waals surface area contributed by atoms with Gasteiger partial charge in [0.25, 0.3) is 0 Å². The number of hydrogen-bond donors (Lipinski definition) is 2. The first-order valence-corrected chi connectivity index (χ1v) is 11.1. The SMILES string of the molecule is CCN1CCN(c2cc3nc(C(=O)C(C)(C)CCNC(=O)OC)[nH]c3cc2Cl)[C@H](C)C1. The van der Waals surface area contributed by atoms with Crippen LogP contribution in [0, 0.1) is 5.41 Å². The summed E-state index contributed by atoms with van der Waals surface area (Å²) >= 11 is 6.62. The van der Waals surface area contributed by atoms with Crippen LogP contribution in [0.3, 0.4) is 0 Å². The number of carbonyl (C=O) groups is 2. The van der Waals surface area contributed by atoms with Gasteiger partial charge in [0.15, 0.2) is 5.82 Å². The summed E-state index contributed by atoms with van der Waals surface area (Å²) in [5.41, 5.74) is 1.70. The lowest BCUT2D eigenvalue weighted by Crippen LogP contribution is -2.51. The van der Waals surface area contributed by atoms with Gasteiger partial charge in [-0.1, -0.05) is 32.4 Å². The Hall–Kier alpha value is -2.32. The number of hydrogen-bond acceptors (Lipinski definition) is 6. The van der Waals surface area contributed by atoms with Crippen LogP contribution < -0.4 is 10.2 Å². The van der Waals surface area contributed by atoms with Gasteiger partial charge in [-0.05, 0) is 32.0 Å². The van der Waals surface area contributed by atoms with Crippen LogP contribution in [0.25, 0.3) is 11.0 Å². The quantitative estimate of drug-likeness (QED) is 0.626. The highest BCUT2D eigenvalue weighted by Gasteiger charge is 2.31. The number of rotatable bonds is 7. The third-order valence-electron chi connectivity index (χ3n) is 6.05.